The van der Waals surface area contributed by atoms with Gasteiger partial charge < -0.3 is 20.5 Å². The summed E-state index contributed by atoms with van der Waals surface area (Å²) in [4.78, 5) is 12.4. The molecule has 0 atom stereocenters. The molecule has 5 nitrogen and oxygen atoms in total. The summed E-state index contributed by atoms with van der Waals surface area (Å²) < 4.78 is 11.0. The second kappa shape index (κ2) is 6.49. The van der Waals surface area contributed by atoms with Crippen molar-refractivity contribution in [3.05, 3.63) is 46.4 Å². The van der Waals surface area contributed by atoms with Gasteiger partial charge in [-0.15, -0.1) is 0 Å². The van der Waals surface area contributed by atoms with Crippen LogP contribution in [0.4, 0.5) is 11.4 Å². The van der Waals surface area contributed by atoms with E-state index in [9.17, 15) is 4.79 Å². The molecule has 0 saturated heterocycles. The van der Waals surface area contributed by atoms with Crippen LogP contribution in [0.5, 0.6) is 11.5 Å². The van der Waals surface area contributed by atoms with Gasteiger partial charge in [0.2, 0.25) is 0 Å². The summed E-state index contributed by atoms with van der Waals surface area (Å²) >= 11 is 3.36. The molecule has 110 valence electrons. The van der Waals surface area contributed by atoms with Gasteiger partial charge in [0.15, 0.2) is 0 Å². The van der Waals surface area contributed by atoms with E-state index in [1.54, 1.807) is 43.5 Å². The molecule has 3 N–H and O–H groups in total. The van der Waals surface area contributed by atoms with Gasteiger partial charge in [-0.05, 0) is 52.3 Å². The molecule has 2 aromatic rings. The zero-order valence-electron chi connectivity index (χ0n) is 11.6. The molecule has 0 aliphatic carbocycles. The number of amides is 1. The number of hydrogen-bond acceptors (Lipinski definition) is 4. The lowest BCUT2D eigenvalue weighted by Gasteiger charge is -2.12. The summed E-state index contributed by atoms with van der Waals surface area (Å²) in [6, 6.07) is 10.2. The van der Waals surface area contributed by atoms with Crippen molar-refractivity contribution in [2.75, 3.05) is 25.3 Å². The zero-order chi connectivity index (χ0) is 15.4. The number of nitrogen functional groups attached to an aromatic ring is 1. The Kier molecular flexibility index (Phi) is 4.70. The fraction of sp³-hybridized carbons (Fsp3) is 0.133. The van der Waals surface area contributed by atoms with E-state index in [1.165, 1.54) is 7.11 Å². The quantitative estimate of drug-likeness (QED) is 0.829. The second-order valence-corrected chi connectivity index (χ2v) is 5.11. The Labute approximate surface area is 131 Å². The molecule has 6 heteroatoms. The molecule has 1 amide bonds. The topological polar surface area (TPSA) is 73.6 Å². The van der Waals surface area contributed by atoms with E-state index >= 15 is 0 Å². The minimum atomic E-state index is -0.295. The maximum Gasteiger partial charge on any atom is 0.259 e. The fourth-order valence-corrected chi connectivity index (χ4v) is 2.31. The van der Waals surface area contributed by atoms with E-state index in [0.29, 0.717) is 32.9 Å². The number of rotatable bonds is 4. The van der Waals surface area contributed by atoms with Crippen LogP contribution in [-0.2, 0) is 0 Å². The van der Waals surface area contributed by atoms with Crippen LogP contribution in [0.3, 0.4) is 0 Å². The molecule has 0 aromatic heterocycles. The van der Waals surface area contributed by atoms with Crippen molar-refractivity contribution in [1.29, 1.82) is 0 Å². The Morgan fingerprint density at radius 2 is 1.90 bits per heavy atom. The predicted octanol–water partition coefficient (Wildman–Crippen LogP) is 3.30. The summed E-state index contributed by atoms with van der Waals surface area (Å²) in [5, 5.41) is 2.80. The van der Waals surface area contributed by atoms with E-state index in [1.807, 2.05) is 0 Å². The monoisotopic (exact) mass is 350 g/mol. The number of anilines is 2. The first-order valence-corrected chi connectivity index (χ1v) is 6.93. The van der Waals surface area contributed by atoms with Crippen molar-refractivity contribution in [2.24, 2.45) is 0 Å². The first-order valence-electron chi connectivity index (χ1n) is 6.13. The van der Waals surface area contributed by atoms with Gasteiger partial charge in [0, 0.05) is 10.2 Å². The molecule has 2 aromatic carbocycles. The molecule has 0 unspecified atom stereocenters. The first kappa shape index (κ1) is 15.2. The van der Waals surface area contributed by atoms with Crippen molar-refractivity contribution in [3.63, 3.8) is 0 Å². The predicted molar refractivity (Wildman–Crippen MR) is 86.1 cm³/mol. The van der Waals surface area contributed by atoms with E-state index in [2.05, 4.69) is 21.2 Å². The molecule has 0 aliphatic rings. The third-order valence-corrected chi connectivity index (χ3v) is 3.55. The largest absolute Gasteiger partial charge is 0.497 e. The number of nitrogens with two attached hydrogens (primary N) is 1. The normalized spacial score (nSPS) is 10.0. The Hall–Kier alpha value is -2.21. The number of methoxy groups -OCH3 is 2. The number of nitrogens with one attached hydrogen (secondary N) is 1. The van der Waals surface area contributed by atoms with Crippen LogP contribution in [0.15, 0.2) is 40.9 Å². The first-order chi connectivity index (χ1) is 10.0. The second-order valence-electron chi connectivity index (χ2n) is 4.26. The molecule has 0 radical (unpaired) electrons. The van der Waals surface area contributed by atoms with E-state index < -0.39 is 0 Å². The number of carbonyl (C=O) groups is 1. The van der Waals surface area contributed by atoms with Crippen LogP contribution in [0.25, 0.3) is 0 Å². The Morgan fingerprint density at radius 3 is 2.52 bits per heavy atom. The smallest absolute Gasteiger partial charge is 0.259 e. The van der Waals surface area contributed by atoms with Crippen molar-refractivity contribution in [1.82, 2.24) is 0 Å². The summed E-state index contributed by atoms with van der Waals surface area (Å²) in [6.45, 7) is 0. The average molecular weight is 351 g/mol. The number of halogens is 1. The van der Waals surface area contributed by atoms with Crippen molar-refractivity contribution in [2.45, 2.75) is 0 Å². The minimum Gasteiger partial charge on any atom is -0.497 e. The highest BCUT2D eigenvalue weighted by molar-refractivity contribution is 9.10. The van der Waals surface area contributed by atoms with Crippen LogP contribution in [0, 0.1) is 0 Å². The Morgan fingerprint density at radius 1 is 1.14 bits per heavy atom. The van der Waals surface area contributed by atoms with Gasteiger partial charge in [0.1, 0.15) is 11.5 Å². The third-order valence-electron chi connectivity index (χ3n) is 2.89. The zero-order valence-corrected chi connectivity index (χ0v) is 13.2. The molecular formula is C15H15BrN2O3. The molecule has 0 bridgehead atoms. The molecule has 2 rings (SSSR count). The summed E-state index contributed by atoms with van der Waals surface area (Å²) in [5.74, 6) is 0.758. The van der Waals surface area contributed by atoms with E-state index in [4.69, 9.17) is 15.2 Å². The maximum atomic E-state index is 12.4. The van der Waals surface area contributed by atoms with Gasteiger partial charge in [-0.1, -0.05) is 0 Å². The number of hydrogen-bond donors (Lipinski definition) is 2. The number of ether oxygens (including phenoxy) is 2. The third kappa shape index (κ3) is 3.46. The summed E-state index contributed by atoms with van der Waals surface area (Å²) in [6.07, 6.45) is 0. The molecular weight excluding hydrogens is 336 g/mol. The van der Waals surface area contributed by atoms with E-state index in [-0.39, 0.29) is 5.91 Å². The molecule has 0 heterocycles. The molecule has 0 aliphatic heterocycles. The average Bonchev–Trinajstić information content (AvgIpc) is 2.49. The van der Waals surface area contributed by atoms with Crippen LogP contribution in [-0.4, -0.2) is 20.1 Å². The van der Waals surface area contributed by atoms with Gasteiger partial charge in [-0.2, -0.15) is 0 Å². The van der Waals surface area contributed by atoms with Crippen LogP contribution in [0.1, 0.15) is 10.4 Å². The Bertz CT molecular complexity index is 674. The lowest BCUT2D eigenvalue weighted by molar-refractivity contribution is 0.102. The van der Waals surface area contributed by atoms with E-state index in [0.717, 1.165) is 0 Å². The SMILES string of the molecule is COc1ccc(OC)c(C(=O)Nc2ccc(N)cc2Br)c1. The highest BCUT2D eigenvalue weighted by atomic mass is 79.9. The molecule has 0 spiro atoms. The summed E-state index contributed by atoms with van der Waals surface area (Å²) in [5.41, 5.74) is 7.30. The van der Waals surface area contributed by atoms with Crippen molar-refractivity contribution in [3.8, 4) is 11.5 Å². The van der Waals surface area contributed by atoms with Gasteiger partial charge >= 0.3 is 0 Å². The molecule has 21 heavy (non-hydrogen) atoms. The number of benzene rings is 2. The molecule has 0 fully saturated rings. The van der Waals surface area contributed by atoms with Crippen molar-refractivity contribution >= 4 is 33.2 Å². The Balaban J connectivity index is 2.31. The van der Waals surface area contributed by atoms with Crippen molar-refractivity contribution < 1.29 is 14.3 Å². The van der Waals surface area contributed by atoms with Crippen LogP contribution >= 0.6 is 15.9 Å². The standard InChI is InChI=1S/C15H15BrN2O3/c1-20-10-4-6-14(21-2)11(8-10)15(19)18-13-5-3-9(17)7-12(13)16/h3-8H,17H2,1-2H3,(H,18,19). The molecule has 0 saturated carbocycles. The van der Waals surface area contributed by atoms with Gasteiger partial charge in [-0.3, -0.25) is 4.79 Å². The highest BCUT2D eigenvalue weighted by Crippen LogP contribution is 2.28. The van der Waals surface area contributed by atoms with Gasteiger partial charge in [-0.25, -0.2) is 0 Å². The minimum absolute atomic E-state index is 0.295. The fourth-order valence-electron chi connectivity index (χ4n) is 1.81. The number of carbonyl (C=O) groups excluding carboxylic acids is 1. The van der Waals surface area contributed by atoms with Crippen LogP contribution in [0.2, 0.25) is 0 Å². The lowest BCUT2D eigenvalue weighted by Crippen LogP contribution is -2.13. The van der Waals surface area contributed by atoms with Gasteiger partial charge in [0.05, 0.1) is 25.5 Å². The summed E-state index contributed by atoms with van der Waals surface area (Å²) in [7, 11) is 3.05. The lowest BCUT2D eigenvalue weighted by atomic mass is 10.1. The maximum absolute atomic E-state index is 12.4. The van der Waals surface area contributed by atoms with Crippen LogP contribution < -0.4 is 20.5 Å². The highest BCUT2D eigenvalue weighted by Gasteiger charge is 2.15. The van der Waals surface area contributed by atoms with Gasteiger partial charge in [0.25, 0.3) is 5.91 Å².